The molecule has 2 rings (SSSR count). The molecule has 1 aliphatic heterocycles. The monoisotopic (exact) mass is 342 g/mol. The van der Waals surface area contributed by atoms with Gasteiger partial charge in [0.1, 0.15) is 17.9 Å². The van der Waals surface area contributed by atoms with E-state index in [-0.39, 0.29) is 23.4 Å². The predicted octanol–water partition coefficient (Wildman–Crippen LogP) is 3.53. The second-order valence-electron chi connectivity index (χ2n) is 6.69. The van der Waals surface area contributed by atoms with E-state index in [4.69, 9.17) is 9.47 Å². The molecule has 2 atom stereocenters. The van der Waals surface area contributed by atoms with Gasteiger partial charge in [-0.2, -0.15) is 0 Å². The van der Waals surface area contributed by atoms with Gasteiger partial charge in [-0.05, 0) is 17.0 Å². The van der Waals surface area contributed by atoms with Crippen molar-refractivity contribution in [1.29, 1.82) is 0 Å². The molecule has 132 valence electrons. The molecule has 1 aliphatic rings. The van der Waals surface area contributed by atoms with Crippen molar-refractivity contribution >= 4 is 11.8 Å². The van der Waals surface area contributed by atoms with Crippen LogP contribution in [0.2, 0.25) is 0 Å². The third kappa shape index (κ3) is 3.71. The van der Waals surface area contributed by atoms with Gasteiger partial charge in [-0.25, -0.2) is 23.2 Å². The molecule has 24 heavy (non-hydrogen) atoms. The molecule has 0 aromatic heterocycles. The van der Waals surface area contributed by atoms with Crippen LogP contribution in [-0.4, -0.2) is 38.1 Å². The number of rotatable bonds is 2. The highest BCUT2D eigenvalue weighted by Crippen LogP contribution is 2.28. The summed E-state index contributed by atoms with van der Waals surface area (Å²) >= 11 is 0. The fraction of sp³-hybridized carbons (Fsp3) is 0.529. The summed E-state index contributed by atoms with van der Waals surface area (Å²) < 4.78 is 51.0. The Kier molecular flexibility index (Phi) is 5.20. The van der Waals surface area contributed by atoms with Gasteiger partial charge in [-0.3, -0.25) is 0 Å². The molecule has 0 fully saturated rings. The summed E-state index contributed by atoms with van der Waals surface area (Å²) in [5, 5.41) is 0. The van der Waals surface area contributed by atoms with Gasteiger partial charge in [0, 0.05) is 12.5 Å². The molecule has 1 aromatic rings. The predicted molar refractivity (Wildman–Crippen MR) is 85.9 cm³/mol. The summed E-state index contributed by atoms with van der Waals surface area (Å²) in [6.45, 7) is 5.95. The van der Waals surface area contributed by atoms with Crippen LogP contribution in [0.3, 0.4) is 0 Å². The van der Waals surface area contributed by atoms with Crippen molar-refractivity contribution in [3.63, 3.8) is 0 Å². The smallest absolute Gasteiger partial charge is 0.210 e. The molecule has 0 saturated carbocycles. The summed E-state index contributed by atoms with van der Waals surface area (Å²) in [6.07, 6.45) is -0.0145. The number of halogens is 3. The van der Waals surface area contributed by atoms with E-state index in [1.807, 2.05) is 20.8 Å². The van der Waals surface area contributed by atoms with Crippen LogP contribution in [0.1, 0.15) is 26.3 Å². The molecule has 0 spiro atoms. The molecule has 1 aromatic carbocycles. The first-order valence-electron chi connectivity index (χ1n) is 7.54. The van der Waals surface area contributed by atoms with Crippen molar-refractivity contribution in [3.05, 3.63) is 35.1 Å². The van der Waals surface area contributed by atoms with E-state index in [2.05, 4.69) is 9.98 Å². The topological polar surface area (TPSA) is 43.2 Å². The average Bonchev–Trinajstić information content (AvgIpc) is 2.51. The van der Waals surface area contributed by atoms with Gasteiger partial charge in [0.2, 0.25) is 11.8 Å². The quantitative estimate of drug-likeness (QED) is 0.772. The normalized spacial score (nSPS) is 21.2. The number of methoxy groups -OCH3 is 2. The second-order valence-corrected chi connectivity index (χ2v) is 6.69. The number of hydrogen-bond donors (Lipinski definition) is 0. The van der Waals surface area contributed by atoms with Crippen molar-refractivity contribution in [1.82, 2.24) is 0 Å². The van der Waals surface area contributed by atoms with Gasteiger partial charge < -0.3 is 9.47 Å². The largest absolute Gasteiger partial charge is 0.483 e. The minimum atomic E-state index is -1.23. The lowest BCUT2D eigenvalue weighted by Gasteiger charge is -2.32. The molecule has 0 saturated heterocycles. The number of benzene rings is 1. The third-order valence-electron chi connectivity index (χ3n) is 3.80. The van der Waals surface area contributed by atoms with Gasteiger partial charge >= 0.3 is 0 Å². The van der Waals surface area contributed by atoms with E-state index < -0.39 is 23.5 Å². The Morgan fingerprint density at radius 3 is 2.04 bits per heavy atom. The highest BCUT2D eigenvalue weighted by atomic mass is 19.2. The van der Waals surface area contributed by atoms with Crippen molar-refractivity contribution in [2.45, 2.75) is 39.3 Å². The maximum absolute atomic E-state index is 13.9. The zero-order chi connectivity index (χ0) is 18.1. The lowest BCUT2D eigenvalue weighted by Crippen LogP contribution is -2.42. The molecule has 1 heterocycles. The Balaban J connectivity index is 2.36. The van der Waals surface area contributed by atoms with Crippen LogP contribution >= 0.6 is 0 Å². The van der Waals surface area contributed by atoms with Gasteiger partial charge in [-0.15, -0.1) is 0 Å². The summed E-state index contributed by atoms with van der Waals surface area (Å²) in [4.78, 5) is 8.96. The molecule has 0 N–H and O–H groups in total. The second kappa shape index (κ2) is 6.83. The zero-order valence-corrected chi connectivity index (χ0v) is 14.4. The highest BCUT2D eigenvalue weighted by molar-refractivity contribution is 5.94. The standard InChI is InChI=1S/C17H21F3N2O2/c1-17(2,3)14-16(24-5)21-13(15(22-14)23-4)7-9-6-11(19)12(20)8-10(9)18/h6,8,13-14H,7H2,1-5H3/t13-,14-/m1/s1. The molecule has 0 bridgehead atoms. The lowest BCUT2D eigenvalue weighted by molar-refractivity contribution is 0.289. The van der Waals surface area contributed by atoms with Crippen LogP contribution in [0.4, 0.5) is 13.2 Å². The molecular formula is C17H21F3N2O2. The van der Waals surface area contributed by atoms with E-state index in [0.717, 1.165) is 6.07 Å². The zero-order valence-electron chi connectivity index (χ0n) is 14.4. The Morgan fingerprint density at radius 1 is 0.917 bits per heavy atom. The Hall–Kier alpha value is -2.05. The maximum Gasteiger partial charge on any atom is 0.210 e. The van der Waals surface area contributed by atoms with Crippen LogP contribution in [-0.2, 0) is 15.9 Å². The SMILES string of the molecule is COC1=N[C@H](Cc2cc(F)c(F)cc2F)C(OC)=N[C@H]1C(C)(C)C. The van der Waals surface area contributed by atoms with E-state index in [0.29, 0.717) is 17.9 Å². The van der Waals surface area contributed by atoms with Crippen molar-refractivity contribution in [3.8, 4) is 0 Å². The Morgan fingerprint density at radius 2 is 1.50 bits per heavy atom. The van der Waals surface area contributed by atoms with Crippen molar-refractivity contribution in [2.24, 2.45) is 15.4 Å². The number of nitrogens with zero attached hydrogens (tertiary/aromatic N) is 2. The first-order valence-corrected chi connectivity index (χ1v) is 7.54. The van der Waals surface area contributed by atoms with Crippen molar-refractivity contribution < 1.29 is 22.6 Å². The summed E-state index contributed by atoms with van der Waals surface area (Å²) in [5.41, 5.74) is -0.256. The van der Waals surface area contributed by atoms with Crippen LogP contribution < -0.4 is 0 Å². The van der Waals surface area contributed by atoms with Gasteiger partial charge in [-0.1, -0.05) is 20.8 Å². The third-order valence-corrected chi connectivity index (χ3v) is 3.80. The molecule has 4 nitrogen and oxygen atoms in total. The minimum Gasteiger partial charge on any atom is -0.483 e. The average molecular weight is 342 g/mol. The molecule has 0 unspecified atom stereocenters. The first-order chi connectivity index (χ1) is 11.2. The molecule has 0 aliphatic carbocycles. The van der Waals surface area contributed by atoms with Gasteiger partial charge in [0.25, 0.3) is 0 Å². The first kappa shape index (κ1) is 18.3. The molecule has 0 radical (unpaired) electrons. The van der Waals surface area contributed by atoms with Crippen molar-refractivity contribution in [2.75, 3.05) is 14.2 Å². The van der Waals surface area contributed by atoms with Crippen LogP contribution in [0.25, 0.3) is 0 Å². The Bertz CT molecular complexity index is 681. The van der Waals surface area contributed by atoms with Gasteiger partial charge in [0.05, 0.1) is 14.2 Å². The van der Waals surface area contributed by atoms with Gasteiger partial charge in [0.15, 0.2) is 11.6 Å². The molecular weight excluding hydrogens is 321 g/mol. The summed E-state index contributed by atoms with van der Waals surface area (Å²) in [5.74, 6) is -2.47. The van der Waals surface area contributed by atoms with E-state index in [1.165, 1.54) is 14.2 Å². The summed E-state index contributed by atoms with van der Waals surface area (Å²) in [6, 6.07) is 0.345. The minimum absolute atomic E-state index is 0.00272. The maximum atomic E-state index is 13.9. The summed E-state index contributed by atoms with van der Waals surface area (Å²) in [7, 11) is 2.93. The lowest BCUT2D eigenvalue weighted by atomic mass is 9.86. The Labute approximate surface area is 139 Å². The molecule has 0 amide bonds. The fourth-order valence-electron chi connectivity index (χ4n) is 2.53. The number of hydrogen-bond acceptors (Lipinski definition) is 4. The fourth-order valence-corrected chi connectivity index (χ4v) is 2.53. The van der Waals surface area contributed by atoms with E-state index in [9.17, 15) is 13.2 Å². The van der Waals surface area contributed by atoms with E-state index in [1.54, 1.807) is 0 Å². The number of aliphatic imine (C=N–C) groups is 2. The number of ether oxygens (including phenoxy) is 2. The van der Waals surface area contributed by atoms with Crippen LogP contribution in [0.15, 0.2) is 22.1 Å². The molecule has 7 heteroatoms. The highest BCUT2D eigenvalue weighted by Gasteiger charge is 2.36. The van der Waals surface area contributed by atoms with E-state index >= 15 is 0 Å². The van der Waals surface area contributed by atoms with Crippen LogP contribution in [0.5, 0.6) is 0 Å². The van der Waals surface area contributed by atoms with Crippen LogP contribution in [0, 0.1) is 22.9 Å².